The van der Waals surface area contributed by atoms with Crippen LogP contribution < -0.4 is 5.32 Å². The van der Waals surface area contributed by atoms with Crippen molar-refractivity contribution < 1.29 is 9.59 Å². The van der Waals surface area contributed by atoms with Crippen LogP contribution >= 0.6 is 11.8 Å². The lowest BCUT2D eigenvalue weighted by atomic mass is 10.2. The van der Waals surface area contributed by atoms with Crippen LogP contribution in [-0.2, 0) is 9.59 Å². The number of hydrogen-bond donors (Lipinski definition) is 1. The number of carbonyl (C=O) groups is 2. The van der Waals surface area contributed by atoms with E-state index in [1.54, 1.807) is 11.8 Å². The van der Waals surface area contributed by atoms with Gasteiger partial charge in [-0.2, -0.15) is 11.8 Å². The van der Waals surface area contributed by atoms with E-state index in [9.17, 15) is 9.59 Å². The van der Waals surface area contributed by atoms with Crippen molar-refractivity contribution in [2.75, 3.05) is 12.0 Å². The fourth-order valence-electron chi connectivity index (χ4n) is 0.673. The maximum absolute atomic E-state index is 10.8. The van der Waals surface area contributed by atoms with E-state index in [1.165, 1.54) is 13.8 Å². The van der Waals surface area contributed by atoms with Gasteiger partial charge in [0.1, 0.15) is 0 Å². The van der Waals surface area contributed by atoms with Crippen LogP contribution in [0.2, 0.25) is 0 Å². The van der Waals surface area contributed by atoms with Crippen LogP contribution in [0.1, 0.15) is 13.8 Å². The Labute approximate surface area is 70.9 Å². The summed E-state index contributed by atoms with van der Waals surface area (Å²) in [6.07, 6.45) is 1.90. The van der Waals surface area contributed by atoms with Crippen molar-refractivity contribution in [3.8, 4) is 0 Å². The zero-order valence-corrected chi connectivity index (χ0v) is 7.83. The Balaban J connectivity index is 3.89. The van der Waals surface area contributed by atoms with Crippen molar-refractivity contribution in [3.05, 3.63) is 0 Å². The maximum atomic E-state index is 10.8. The zero-order valence-electron chi connectivity index (χ0n) is 7.01. The fourth-order valence-corrected chi connectivity index (χ4v) is 1.32. The maximum Gasteiger partial charge on any atom is 0.217 e. The molecule has 0 spiro atoms. The number of amides is 1. The molecule has 0 saturated carbocycles. The summed E-state index contributed by atoms with van der Waals surface area (Å²) in [6.45, 7) is 2.90. The Morgan fingerprint density at radius 3 is 2.27 bits per heavy atom. The van der Waals surface area contributed by atoms with E-state index in [1.807, 2.05) is 6.26 Å². The summed E-state index contributed by atoms with van der Waals surface area (Å²) in [6, 6.07) is -0.317. The zero-order chi connectivity index (χ0) is 8.85. The first-order valence-electron chi connectivity index (χ1n) is 3.34. The minimum Gasteiger partial charge on any atom is -0.346 e. The predicted octanol–water partition coefficient (Wildman–Crippen LogP) is 0.443. The van der Waals surface area contributed by atoms with Gasteiger partial charge in [0.25, 0.3) is 0 Å². The van der Waals surface area contributed by atoms with Gasteiger partial charge in [-0.15, -0.1) is 0 Å². The van der Waals surface area contributed by atoms with Gasteiger partial charge in [0.05, 0.1) is 6.04 Å². The Morgan fingerprint density at radius 1 is 1.45 bits per heavy atom. The third kappa shape index (κ3) is 4.84. The van der Waals surface area contributed by atoms with Crippen molar-refractivity contribution in [1.82, 2.24) is 5.32 Å². The van der Waals surface area contributed by atoms with Gasteiger partial charge in [0, 0.05) is 12.7 Å². The standard InChI is InChI=1S/C7H13NO2S/c1-5(9)7(4-11-3)8-6(2)10/h7H,4H2,1-3H3,(H,8,10). The normalized spacial score (nSPS) is 12.3. The number of rotatable bonds is 4. The molecule has 0 aliphatic carbocycles. The first-order valence-corrected chi connectivity index (χ1v) is 4.73. The van der Waals surface area contributed by atoms with Gasteiger partial charge in [-0.3, -0.25) is 9.59 Å². The number of thioether (sulfide) groups is 1. The van der Waals surface area contributed by atoms with Gasteiger partial charge in [-0.1, -0.05) is 0 Å². The Morgan fingerprint density at radius 2 is 2.00 bits per heavy atom. The van der Waals surface area contributed by atoms with Crippen LogP contribution in [0.4, 0.5) is 0 Å². The molecule has 1 atom stereocenters. The molecule has 0 fully saturated rings. The first-order chi connectivity index (χ1) is 5.07. The van der Waals surface area contributed by atoms with Crippen LogP contribution in [-0.4, -0.2) is 29.7 Å². The minimum atomic E-state index is -0.317. The second-order valence-electron chi connectivity index (χ2n) is 2.32. The highest BCUT2D eigenvalue weighted by Gasteiger charge is 2.13. The topological polar surface area (TPSA) is 46.2 Å². The molecule has 0 aromatic rings. The summed E-state index contributed by atoms with van der Waals surface area (Å²) in [5, 5.41) is 2.57. The third-order valence-electron chi connectivity index (χ3n) is 1.20. The lowest BCUT2D eigenvalue weighted by molar-refractivity contribution is -0.125. The summed E-state index contributed by atoms with van der Waals surface area (Å²) >= 11 is 1.54. The van der Waals surface area contributed by atoms with Crippen molar-refractivity contribution in [2.24, 2.45) is 0 Å². The number of nitrogens with one attached hydrogen (secondary N) is 1. The van der Waals surface area contributed by atoms with Crippen molar-refractivity contribution in [2.45, 2.75) is 19.9 Å². The molecule has 0 radical (unpaired) electrons. The highest BCUT2D eigenvalue weighted by atomic mass is 32.2. The van der Waals surface area contributed by atoms with E-state index >= 15 is 0 Å². The molecule has 0 rings (SSSR count). The molecule has 1 amide bonds. The van der Waals surface area contributed by atoms with Crippen molar-refractivity contribution >= 4 is 23.5 Å². The first kappa shape index (κ1) is 10.5. The van der Waals surface area contributed by atoms with Crippen LogP contribution in [0.3, 0.4) is 0 Å². The second kappa shape index (κ2) is 5.18. The van der Waals surface area contributed by atoms with Gasteiger partial charge in [0.15, 0.2) is 5.78 Å². The van der Waals surface area contributed by atoms with Crippen LogP contribution in [0.5, 0.6) is 0 Å². The average Bonchev–Trinajstić information content (AvgIpc) is 1.86. The fraction of sp³-hybridized carbons (Fsp3) is 0.714. The second-order valence-corrected chi connectivity index (χ2v) is 3.23. The Hall–Kier alpha value is -0.510. The quantitative estimate of drug-likeness (QED) is 0.674. The third-order valence-corrected chi connectivity index (χ3v) is 1.87. The highest BCUT2D eigenvalue weighted by molar-refractivity contribution is 7.98. The molecular weight excluding hydrogens is 162 g/mol. The molecule has 11 heavy (non-hydrogen) atoms. The van der Waals surface area contributed by atoms with E-state index in [0.29, 0.717) is 5.75 Å². The summed E-state index contributed by atoms with van der Waals surface area (Å²) in [5.41, 5.74) is 0. The molecule has 1 unspecified atom stereocenters. The predicted molar refractivity (Wildman–Crippen MR) is 46.7 cm³/mol. The molecular formula is C7H13NO2S. The molecule has 0 bridgehead atoms. The van der Waals surface area contributed by atoms with Crippen molar-refractivity contribution in [3.63, 3.8) is 0 Å². The SMILES string of the molecule is CSCC(NC(C)=O)C(C)=O. The van der Waals surface area contributed by atoms with E-state index in [-0.39, 0.29) is 17.7 Å². The van der Waals surface area contributed by atoms with Gasteiger partial charge in [0.2, 0.25) is 5.91 Å². The Bertz CT molecular complexity index is 159. The molecule has 1 N–H and O–H groups in total. The van der Waals surface area contributed by atoms with Crippen LogP contribution in [0.15, 0.2) is 0 Å². The number of hydrogen-bond acceptors (Lipinski definition) is 3. The van der Waals surface area contributed by atoms with E-state index < -0.39 is 0 Å². The molecule has 64 valence electrons. The lowest BCUT2D eigenvalue weighted by Crippen LogP contribution is -2.40. The number of Topliss-reactive ketones (excluding diaryl/α,β-unsaturated/α-hetero) is 1. The molecule has 3 nitrogen and oxygen atoms in total. The van der Waals surface area contributed by atoms with E-state index in [4.69, 9.17) is 0 Å². The molecule has 0 heterocycles. The average molecular weight is 175 g/mol. The molecule has 0 aromatic heterocycles. The summed E-state index contributed by atoms with van der Waals surface area (Å²) in [7, 11) is 0. The van der Waals surface area contributed by atoms with Gasteiger partial charge in [-0.25, -0.2) is 0 Å². The smallest absolute Gasteiger partial charge is 0.217 e. The molecule has 0 aliphatic rings. The highest BCUT2D eigenvalue weighted by Crippen LogP contribution is 1.97. The lowest BCUT2D eigenvalue weighted by Gasteiger charge is -2.12. The van der Waals surface area contributed by atoms with Gasteiger partial charge >= 0.3 is 0 Å². The summed E-state index contributed by atoms with van der Waals surface area (Å²) in [4.78, 5) is 21.4. The monoisotopic (exact) mass is 175 g/mol. The van der Waals surface area contributed by atoms with Crippen molar-refractivity contribution in [1.29, 1.82) is 0 Å². The van der Waals surface area contributed by atoms with Gasteiger partial charge in [-0.05, 0) is 13.2 Å². The molecule has 4 heteroatoms. The molecule has 0 aromatic carbocycles. The Kier molecular flexibility index (Phi) is 4.94. The summed E-state index contributed by atoms with van der Waals surface area (Å²) in [5.74, 6) is 0.503. The minimum absolute atomic E-state index is 0.00884. The molecule has 0 saturated heterocycles. The van der Waals surface area contributed by atoms with Crippen LogP contribution in [0, 0.1) is 0 Å². The number of carbonyl (C=O) groups excluding carboxylic acids is 2. The van der Waals surface area contributed by atoms with Crippen LogP contribution in [0.25, 0.3) is 0 Å². The van der Waals surface area contributed by atoms with Gasteiger partial charge < -0.3 is 5.32 Å². The number of ketones is 1. The largest absolute Gasteiger partial charge is 0.346 e. The summed E-state index contributed by atoms with van der Waals surface area (Å²) < 4.78 is 0. The van der Waals surface area contributed by atoms with E-state index in [2.05, 4.69) is 5.32 Å². The van der Waals surface area contributed by atoms with E-state index in [0.717, 1.165) is 0 Å². The molecule has 0 aliphatic heterocycles.